The van der Waals surface area contributed by atoms with E-state index in [1.54, 1.807) is 11.8 Å². The van der Waals surface area contributed by atoms with Gasteiger partial charge in [-0.2, -0.15) is 0 Å². The average molecular weight is 361 g/mol. The maximum Gasteiger partial charge on any atom is 0.371 e. The second-order valence-electron chi connectivity index (χ2n) is 5.05. The van der Waals surface area contributed by atoms with Crippen LogP contribution in [0.1, 0.15) is 6.92 Å². The first-order valence-corrected chi connectivity index (χ1v) is 9.47. The normalized spacial score (nSPS) is 21.5. The van der Waals surface area contributed by atoms with Crippen LogP contribution >= 0.6 is 15.2 Å². The molecule has 2 atom stereocenters. The largest absolute Gasteiger partial charge is 0.390 e. The fourth-order valence-corrected chi connectivity index (χ4v) is 3.98. The van der Waals surface area contributed by atoms with Crippen molar-refractivity contribution in [3.8, 4) is 0 Å². The molecule has 1 aliphatic heterocycles. The molecule has 0 fully saturated rings. The average Bonchev–Trinajstić information content (AvgIpc) is 2.68. The standard InChI is InChI=1S/C9H21N3O8P2/c1-7-11(5-8(13)4-10)2-3-12(7)6-9(14,21(15,16)17)22(18,19)20/h2-3,7-8,13-14H,4-6,10H2,1H3,(H2,15,16,17)(H2,18,19,20). The monoisotopic (exact) mass is 361 g/mol. The van der Waals surface area contributed by atoms with Gasteiger partial charge in [0, 0.05) is 25.5 Å². The van der Waals surface area contributed by atoms with Crippen molar-refractivity contribution in [1.82, 2.24) is 9.80 Å². The zero-order valence-corrected chi connectivity index (χ0v) is 13.6. The van der Waals surface area contributed by atoms with E-state index in [2.05, 4.69) is 0 Å². The third kappa shape index (κ3) is 3.88. The zero-order chi connectivity index (χ0) is 17.3. The second-order valence-corrected chi connectivity index (χ2v) is 9.06. The molecule has 13 heteroatoms. The van der Waals surface area contributed by atoms with Gasteiger partial charge >= 0.3 is 15.2 Å². The Morgan fingerprint density at radius 2 is 1.64 bits per heavy atom. The first-order chi connectivity index (χ1) is 9.83. The molecule has 2 unspecified atom stereocenters. The molecule has 0 radical (unpaired) electrons. The molecule has 0 amide bonds. The van der Waals surface area contributed by atoms with Crippen molar-refractivity contribution in [3.63, 3.8) is 0 Å². The Kier molecular flexibility index (Phi) is 5.84. The van der Waals surface area contributed by atoms with Crippen LogP contribution in [0.5, 0.6) is 0 Å². The Morgan fingerprint density at radius 3 is 2.05 bits per heavy atom. The zero-order valence-electron chi connectivity index (χ0n) is 11.8. The third-order valence-corrected chi connectivity index (χ3v) is 7.14. The molecule has 1 aliphatic rings. The Morgan fingerprint density at radius 1 is 1.18 bits per heavy atom. The van der Waals surface area contributed by atoms with Gasteiger partial charge in [0.1, 0.15) is 0 Å². The first kappa shape index (κ1) is 19.6. The number of nitrogens with two attached hydrogens (primary N) is 1. The molecule has 1 rings (SSSR count). The van der Waals surface area contributed by atoms with Crippen molar-refractivity contribution in [2.24, 2.45) is 5.73 Å². The van der Waals surface area contributed by atoms with Gasteiger partial charge in [-0.15, -0.1) is 0 Å². The van der Waals surface area contributed by atoms with E-state index in [4.69, 9.17) is 25.3 Å². The van der Waals surface area contributed by atoms with Gasteiger partial charge < -0.3 is 45.3 Å². The van der Waals surface area contributed by atoms with Gasteiger partial charge in [-0.1, -0.05) is 0 Å². The molecule has 0 aromatic heterocycles. The molecular weight excluding hydrogens is 340 g/mol. The minimum atomic E-state index is -5.51. The van der Waals surface area contributed by atoms with E-state index >= 15 is 0 Å². The fraction of sp³-hybridized carbons (Fsp3) is 0.778. The van der Waals surface area contributed by atoms with Crippen LogP contribution in [0.2, 0.25) is 0 Å². The van der Waals surface area contributed by atoms with Crippen molar-refractivity contribution in [2.75, 3.05) is 19.6 Å². The van der Waals surface area contributed by atoms with E-state index in [1.165, 1.54) is 12.4 Å². The Hall–Kier alpha value is -0.480. The Balaban J connectivity index is 2.93. The maximum atomic E-state index is 11.3. The Labute approximate surface area is 127 Å². The second kappa shape index (κ2) is 6.56. The molecule has 0 bridgehead atoms. The lowest BCUT2D eigenvalue weighted by Crippen LogP contribution is -2.47. The van der Waals surface area contributed by atoms with Crippen molar-refractivity contribution in [2.45, 2.75) is 24.3 Å². The molecule has 0 spiro atoms. The molecule has 22 heavy (non-hydrogen) atoms. The van der Waals surface area contributed by atoms with Gasteiger partial charge in [-0.3, -0.25) is 9.13 Å². The van der Waals surface area contributed by atoms with Gasteiger partial charge in [-0.25, -0.2) is 0 Å². The van der Waals surface area contributed by atoms with Gasteiger partial charge in [0.15, 0.2) is 0 Å². The van der Waals surface area contributed by atoms with E-state index < -0.39 is 39.1 Å². The molecule has 0 aliphatic carbocycles. The quantitative estimate of drug-likeness (QED) is 0.242. The summed E-state index contributed by atoms with van der Waals surface area (Å²) in [4.78, 5) is 39.2. The summed E-state index contributed by atoms with van der Waals surface area (Å²) < 4.78 is 22.7. The summed E-state index contributed by atoms with van der Waals surface area (Å²) in [6, 6.07) is 0. The number of hydrogen-bond acceptors (Lipinski definition) is 7. The maximum absolute atomic E-state index is 11.3. The molecular formula is C9H21N3O8P2. The molecule has 1 heterocycles. The highest BCUT2D eigenvalue weighted by atomic mass is 31.2. The molecule has 11 nitrogen and oxygen atoms in total. The SMILES string of the molecule is CC1N(CC(O)CN)C=CN1CC(O)(P(=O)(O)O)P(=O)(O)O. The molecule has 0 aromatic rings. The summed E-state index contributed by atoms with van der Waals surface area (Å²) in [7, 11) is -11.0. The molecule has 0 saturated carbocycles. The van der Waals surface area contributed by atoms with Crippen LogP contribution < -0.4 is 5.73 Å². The van der Waals surface area contributed by atoms with Gasteiger partial charge in [0.05, 0.1) is 18.8 Å². The number of aliphatic hydroxyl groups excluding tert-OH is 1. The topological polar surface area (TPSA) is 188 Å². The number of aliphatic hydroxyl groups is 2. The first-order valence-electron chi connectivity index (χ1n) is 6.25. The fourth-order valence-electron chi connectivity index (χ4n) is 1.93. The van der Waals surface area contributed by atoms with Gasteiger partial charge in [0.25, 0.3) is 5.08 Å². The van der Waals surface area contributed by atoms with Crippen LogP contribution in [0.4, 0.5) is 0 Å². The smallest absolute Gasteiger partial charge is 0.371 e. The lowest BCUT2D eigenvalue weighted by Gasteiger charge is -2.37. The highest BCUT2D eigenvalue weighted by Gasteiger charge is 2.60. The van der Waals surface area contributed by atoms with Crippen molar-refractivity contribution in [3.05, 3.63) is 12.4 Å². The van der Waals surface area contributed by atoms with E-state index in [0.717, 1.165) is 4.90 Å². The van der Waals surface area contributed by atoms with Crippen LogP contribution in [0, 0.1) is 0 Å². The van der Waals surface area contributed by atoms with E-state index in [-0.39, 0.29) is 13.1 Å². The number of rotatable bonds is 7. The molecule has 0 aromatic carbocycles. The van der Waals surface area contributed by atoms with Crippen molar-refractivity contribution < 1.29 is 38.9 Å². The highest BCUT2D eigenvalue weighted by Crippen LogP contribution is 2.67. The van der Waals surface area contributed by atoms with Crippen LogP contribution in [-0.4, -0.2) is 76.6 Å². The summed E-state index contributed by atoms with van der Waals surface area (Å²) in [5.41, 5.74) is 5.29. The van der Waals surface area contributed by atoms with Crippen LogP contribution in [0.15, 0.2) is 12.4 Å². The van der Waals surface area contributed by atoms with Gasteiger partial charge in [0.2, 0.25) is 0 Å². The van der Waals surface area contributed by atoms with Crippen LogP contribution in [-0.2, 0) is 9.13 Å². The van der Waals surface area contributed by atoms with Crippen molar-refractivity contribution >= 4 is 15.2 Å². The van der Waals surface area contributed by atoms with E-state index in [9.17, 15) is 19.3 Å². The van der Waals surface area contributed by atoms with Crippen molar-refractivity contribution in [1.29, 1.82) is 0 Å². The lowest BCUT2D eigenvalue weighted by molar-refractivity contribution is 0.0575. The lowest BCUT2D eigenvalue weighted by atomic mass is 10.3. The predicted octanol–water partition coefficient (Wildman–Crippen LogP) is -2.26. The number of hydrogen-bond donors (Lipinski definition) is 7. The summed E-state index contributed by atoms with van der Waals surface area (Å²) in [5.74, 6) is 0. The third-order valence-electron chi connectivity index (χ3n) is 3.43. The highest BCUT2D eigenvalue weighted by molar-refractivity contribution is 7.72. The number of β-amino-alcohol motifs (C(OH)–C–C–N with tert-alkyl or cyclic N) is 2. The molecule has 8 N–H and O–H groups in total. The van der Waals surface area contributed by atoms with Crippen LogP contribution in [0.25, 0.3) is 0 Å². The number of nitrogens with zero attached hydrogens (tertiary/aromatic N) is 2. The Bertz CT molecular complexity index is 495. The summed E-state index contributed by atoms with van der Waals surface area (Å²) in [6.07, 6.45) is 1.34. The van der Waals surface area contributed by atoms with E-state index in [1.807, 2.05) is 0 Å². The summed E-state index contributed by atoms with van der Waals surface area (Å²) in [6.45, 7) is 0.721. The molecule has 0 saturated heterocycles. The summed E-state index contributed by atoms with van der Waals surface area (Å²) in [5, 5.41) is 15.9. The van der Waals surface area contributed by atoms with Gasteiger partial charge in [-0.05, 0) is 6.92 Å². The molecule has 130 valence electrons. The predicted molar refractivity (Wildman–Crippen MR) is 76.1 cm³/mol. The minimum absolute atomic E-state index is 0.00591. The van der Waals surface area contributed by atoms with Crippen LogP contribution in [0.3, 0.4) is 0 Å². The minimum Gasteiger partial charge on any atom is -0.390 e. The van der Waals surface area contributed by atoms with E-state index in [0.29, 0.717) is 0 Å². The summed E-state index contributed by atoms with van der Waals surface area (Å²) >= 11 is 0.